The molecule has 0 aliphatic rings. The third kappa shape index (κ3) is 2.80. The van der Waals surface area contributed by atoms with Crippen molar-refractivity contribution in [3.05, 3.63) is 29.8 Å². The number of phenolic OH excluding ortho intramolecular Hbond substituents is 2. The molecule has 0 saturated heterocycles. The molecule has 1 aromatic rings. The second-order valence-electron chi connectivity index (χ2n) is 3.41. The highest BCUT2D eigenvalue weighted by Gasteiger charge is 2.00. The zero-order chi connectivity index (χ0) is 10.6. The standard InChI is InChI=1S/C12H16O2/c1-3-4-5-9(2)10-6-11(13)8-12(14)7-10/h5-8,13-14H,3-4H2,1-2H3. The molecule has 0 spiro atoms. The number of hydrogen-bond donors (Lipinski definition) is 2. The van der Waals surface area contributed by atoms with Gasteiger partial charge in [0.15, 0.2) is 0 Å². The minimum Gasteiger partial charge on any atom is -0.508 e. The minimum atomic E-state index is 0.101. The summed E-state index contributed by atoms with van der Waals surface area (Å²) in [5.74, 6) is 0.202. The molecule has 2 N–H and O–H groups in total. The summed E-state index contributed by atoms with van der Waals surface area (Å²) in [5, 5.41) is 18.6. The van der Waals surface area contributed by atoms with Crippen molar-refractivity contribution in [3.8, 4) is 11.5 Å². The van der Waals surface area contributed by atoms with Crippen LogP contribution in [0, 0.1) is 0 Å². The molecular weight excluding hydrogens is 176 g/mol. The van der Waals surface area contributed by atoms with Crippen molar-refractivity contribution in [3.63, 3.8) is 0 Å². The second-order valence-corrected chi connectivity index (χ2v) is 3.41. The molecule has 0 radical (unpaired) electrons. The van der Waals surface area contributed by atoms with Crippen LogP contribution in [0.5, 0.6) is 11.5 Å². The summed E-state index contributed by atoms with van der Waals surface area (Å²) in [6.45, 7) is 4.09. The average Bonchev–Trinajstić information content (AvgIpc) is 2.12. The highest BCUT2D eigenvalue weighted by atomic mass is 16.3. The maximum Gasteiger partial charge on any atom is 0.119 e. The predicted molar refractivity (Wildman–Crippen MR) is 58.3 cm³/mol. The van der Waals surface area contributed by atoms with Crippen LogP contribution in [0.15, 0.2) is 24.3 Å². The Hall–Kier alpha value is -1.44. The quantitative estimate of drug-likeness (QED) is 0.771. The van der Waals surface area contributed by atoms with Crippen LogP contribution in [0.4, 0.5) is 0 Å². The molecule has 2 nitrogen and oxygen atoms in total. The smallest absolute Gasteiger partial charge is 0.119 e. The Bertz CT molecular complexity index is 320. The van der Waals surface area contributed by atoms with E-state index in [4.69, 9.17) is 0 Å². The molecule has 14 heavy (non-hydrogen) atoms. The largest absolute Gasteiger partial charge is 0.508 e. The Kier molecular flexibility index (Phi) is 3.57. The van der Waals surface area contributed by atoms with Crippen LogP contribution in [0.1, 0.15) is 32.3 Å². The molecule has 0 fully saturated rings. The van der Waals surface area contributed by atoms with E-state index in [2.05, 4.69) is 13.0 Å². The number of unbranched alkanes of at least 4 members (excludes halogenated alkanes) is 1. The molecule has 0 aliphatic heterocycles. The van der Waals surface area contributed by atoms with Crippen molar-refractivity contribution in [2.45, 2.75) is 26.7 Å². The molecule has 0 heterocycles. The van der Waals surface area contributed by atoms with Crippen LogP contribution in [-0.4, -0.2) is 10.2 Å². The number of benzene rings is 1. The summed E-state index contributed by atoms with van der Waals surface area (Å²) >= 11 is 0. The number of phenols is 2. The minimum absolute atomic E-state index is 0.101. The summed E-state index contributed by atoms with van der Waals surface area (Å²) < 4.78 is 0. The van der Waals surface area contributed by atoms with Gasteiger partial charge < -0.3 is 10.2 Å². The maximum absolute atomic E-state index is 9.28. The van der Waals surface area contributed by atoms with Crippen molar-refractivity contribution >= 4 is 5.57 Å². The fraction of sp³-hybridized carbons (Fsp3) is 0.333. The average molecular weight is 192 g/mol. The van der Waals surface area contributed by atoms with Crippen LogP contribution >= 0.6 is 0 Å². The summed E-state index contributed by atoms with van der Waals surface area (Å²) in [6.07, 6.45) is 4.22. The van der Waals surface area contributed by atoms with E-state index in [1.54, 1.807) is 12.1 Å². The monoisotopic (exact) mass is 192 g/mol. The highest BCUT2D eigenvalue weighted by molar-refractivity contribution is 5.66. The molecule has 1 rings (SSSR count). The molecule has 1 aromatic carbocycles. The van der Waals surface area contributed by atoms with E-state index in [9.17, 15) is 10.2 Å². The lowest BCUT2D eigenvalue weighted by Crippen LogP contribution is -1.80. The van der Waals surface area contributed by atoms with Crippen molar-refractivity contribution in [2.75, 3.05) is 0 Å². The fourth-order valence-electron chi connectivity index (χ4n) is 1.30. The van der Waals surface area contributed by atoms with Gasteiger partial charge in [-0.1, -0.05) is 19.4 Å². The SMILES string of the molecule is CCCC=C(C)c1cc(O)cc(O)c1. The van der Waals surface area contributed by atoms with Crippen LogP contribution in [0.3, 0.4) is 0 Å². The van der Waals surface area contributed by atoms with Gasteiger partial charge in [-0.05, 0) is 36.6 Å². The summed E-state index contributed by atoms with van der Waals surface area (Å²) in [6, 6.07) is 4.64. The van der Waals surface area contributed by atoms with Crippen molar-refractivity contribution in [1.29, 1.82) is 0 Å². The lowest BCUT2D eigenvalue weighted by molar-refractivity contribution is 0.450. The van der Waals surface area contributed by atoms with Gasteiger partial charge in [0.05, 0.1) is 0 Å². The molecule has 0 unspecified atom stereocenters. The molecule has 0 aliphatic carbocycles. The van der Waals surface area contributed by atoms with Crippen molar-refractivity contribution in [1.82, 2.24) is 0 Å². The number of hydrogen-bond acceptors (Lipinski definition) is 2. The first-order valence-electron chi connectivity index (χ1n) is 4.83. The van der Waals surface area contributed by atoms with Gasteiger partial charge in [-0.25, -0.2) is 0 Å². The first kappa shape index (κ1) is 10.6. The molecule has 0 atom stereocenters. The van der Waals surface area contributed by atoms with Gasteiger partial charge in [0.25, 0.3) is 0 Å². The Morgan fingerprint density at radius 3 is 2.29 bits per heavy atom. The lowest BCUT2D eigenvalue weighted by atomic mass is 10.1. The second kappa shape index (κ2) is 4.70. The fourth-order valence-corrected chi connectivity index (χ4v) is 1.30. The zero-order valence-corrected chi connectivity index (χ0v) is 8.62. The van der Waals surface area contributed by atoms with E-state index >= 15 is 0 Å². The molecule has 76 valence electrons. The van der Waals surface area contributed by atoms with Crippen molar-refractivity contribution in [2.24, 2.45) is 0 Å². The first-order chi connectivity index (χ1) is 6.63. The lowest BCUT2D eigenvalue weighted by Gasteiger charge is -2.03. The molecule has 2 heteroatoms. The van der Waals surface area contributed by atoms with Crippen LogP contribution < -0.4 is 0 Å². The van der Waals surface area contributed by atoms with Crippen LogP contribution in [0.25, 0.3) is 5.57 Å². The van der Waals surface area contributed by atoms with E-state index in [1.807, 2.05) is 6.92 Å². The number of aromatic hydroxyl groups is 2. The van der Waals surface area contributed by atoms with Gasteiger partial charge in [-0.3, -0.25) is 0 Å². The Morgan fingerprint density at radius 1 is 1.21 bits per heavy atom. The third-order valence-corrected chi connectivity index (χ3v) is 2.10. The van der Waals surface area contributed by atoms with Gasteiger partial charge >= 0.3 is 0 Å². The predicted octanol–water partition coefficient (Wildman–Crippen LogP) is 3.30. The first-order valence-corrected chi connectivity index (χ1v) is 4.83. The van der Waals surface area contributed by atoms with Crippen LogP contribution in [0.2, 0.25) is 0 Å². The zero-order valence-electron chi connectivity index (χ0n) is 8.62. The molecule has 0 saturated carbocycles. The topological polar surface area (TPSA) is 40.5 Å². The van der Waals surface area contributed by atoms with Gasteiger partial charge in [0.2, 0.25) is 0 Å². The van der Waals surface area contributed by atoms with Crippen molar-refractivity contribution < 1.29 is 10.2 Å². The Balaban J connectivity index is 2.95. The summed E-state index contributed by atoms with van der Waals surface area (Å²) in [4.78, 5) is 0. The van der Waals surface area contributed by atoms with Gasteiger partial charge in [-0.15, -0.1) is 0 Å². The van der Waals surface area contributed by atoms with E-state index in [0.29, 0.717) is 0 Å². The number of rotatable bonds is 3. The Morgan fingerprint density at radius 2 is 1.79 bits per heavy atom. The van der Waals surface area contributed by atoms with Gasteiger partial charge in [0.1, 0.15) is 11.5 Å². The summed E-state index contributed by atoms with van der Waals surface area (Å²) in [7, 11) is 0. The summed E-state index contributed by atoms with van der Waals surface area (Å²) in [5.41, 5.74) is 1.95. The molecule has 0 aromatic heterocycles. The molecule has 0 amide bonds. The highest BCUT2D eigenvalue weighted by Crippen LogP contribution is 2.25. The van der Waals surface area contributed by atoms with E-state index < -0.39 is 0 Å². The third-order valence-electron chi connectivity index (χ3n) is 2.10. The van der Waals surface area contributed by atoms with Gasteiger partial charge in [0, 0.05) is 6.07 Å². The van der Waals surface area contributed by atoms with E-state index in [1.165, 1.54) is 6.07 Å². The van der Waals surface area contributed by atoms with Crippen LogP contribution in [-0.2, 0) is 0 Å². The van der Waals surface area contributed by atoms with Gasteiger partial charge in [-0.2, -0.15) is 0 Å². The normalized spacial score (nSPS) is 11.7. The molecule has 0 bridgehead atoms. The number of allylic oxidation sites excluding steroid dienone is 2. The molecular formula is C12H16O2. The Labute approximate surface area is 84.5 Å². The van der Waals surface area contributed by atoms with E-state index in [-0.39, 0.29) is 11.5 Å². The maximum atomic E-state index is 9.28. The van der Waals surface area contributed by atoms with E-state index in [0.717, 1.165) is 24.0 Å².